The highest BCUT2D eigenvalue weighted by Gasteiger charge is 2.46. The van der Waals surface area contributed by atoms with Crippen LogP contribution < -0.4 is 11.1 Å². The van der Waals surface area contributed by atoms with Crippen molar-refractivity contribution in [1.82, 2.24) is 24.8 Å². The van der Waals surface area contributed by atoms with E-state index in [4.69, 9.17) is 19.9 Å². The average Bonchev–Trinajstić information content (AvgIpc) is 3.49. The number of aliphatic hydroxyl groups excluding tert-OH is 2. The highest BCUT2D eigenvalue weighted by molar-refractivity contribution is 7.53. The Labute approximate surface area is 192 Å². The smallest absolute Gasteiger partial charge is 0.365 e. The first kappa shape index (κ1) is 24.8. The number of nitrogens with two attached hydrogens (primary N) is 1. The summed E-state index contributed by atoms with van der Waals surface area (Å²) < 4.78 is 33.8. The average molecular weight is 504 g/mol. The lowest BCUT2D eigenvalue weighted by Crippen LogP contribution is -2.36. The molecule has 2 fully saturated rings. The van der Waals surface area contributed by atoms with E-state index in [9.17, 15) is 29.4 Å². The Kier molecular flexibility index (Phi) is 7.14. The van der Waals surface area contributed by atoms with E-state index in [0.717, 1.165) is 0 Å². The van der Waals surface area contributed by atoms with Gasteiger partial charge in [0.15, 0.2) is 29.7 Å². The molecule has 0 spiro atoms. The number of rotatable bonds is 8. The van der Waals surface area contributed by atoms with Gasteiger partial charge >= 0.3 is 13.6 Å². The Bertz CT molecular complexity index is 1090. The zero-order valence-corrected chi connectivity index (χ0v) is 18.8. The van der Waals surface area contributed by atoms with Crippen molar-refractivity contribution >= 4 is 30.5 Å². The maximum atomic E-state index is 11.9. The molecule has 2 aliphatic rings. The van der Waals surface area contributed by atoms with E-state index in [-0.39, 0.29) is 29.4 Å². The Hall–Kier alpha value is -2.27. The van der Waals surface area contributed by atoms with E-state index in [1.807, 2.05) is 0 Å². The lowest BCUT2D eigenvalue weighted by Gasteiger charge is -2.21. The summed E-state index contributed by atoms with van der Waals surface area (Å²) in [5.41, 5.74) is 6.44. The molecule has 4 heterocycles. The maximum absolute atomic E-state index is 11.9. The number of esters is 1. The number of nitrogens with zero attached hydrogens (tertiary/aromatic N) is 4. The van der Waals surface area contributed by atoms with Crippen molar-refractivity contribution in [2.45, 2.75) is 43.5 Å². The SMILES string of the molecule is CCOC(=O)C(OC[C@H]1O[C@@H](n2cnc3c(N)nc([C@@H]4NCCO4)nc32)[C@H](O)[C@@H]1O)P(=O)(O)O. The molecule has 17 heteroatoms. The van der Waals surface area contributed by atoms with Crippen LogP contribution in [-0.4, -0.2) is 96.0 Å². The highest BCUT2D eigenvalue weighted by Crippen LogP contribution is 2.43. The van der Waals surface area contributed by atoms with Gasteiger partial charge in [-0.2, -0.15) is 0 Å². The number of fused-ring (bicyclic) bond motifs is 1. The third-order valence-corrected chi connectivity index (χ3v) is 6.21. The van der Waals surface area contributed by atoms with Gasteiger partial charge in [0.05, 0.1) is 26.1 Å². The van der Waals surface area contributed by atoms with Crippen molar-refractivity contribution in [3.8, 4) is 0 Å². The molecule has 2 aromatic rings. The van der Waals surface area contributed by atoms with Gasteiger partial charge in [0.25, 0.3) is 5.85 Å². The lowest BCUT2D eigenvalue weighted by atomic mass is 10.1. The molecule has 34 heavy (non-hydrogen) atoms. The Morgan fingerprint density at radius 2 is 2.15 bits per heavy atom. The summed E-state index contributed by atoms with van der Waals surface area (Å²) >= 11 is 0. The van der Waals surface area contributed by atoms with Crippen molar-refractivity contribution in [3.63, 3.8) is 0 Å². The van der Waals surface area contributed by atoms with Gasteiger partial charge in [0, 0.05) is 6.54 Å². The molecule has 6 atom stereocenters. The van der Waals surface area contributed by atoms with E-state index in [2.05, 4.69) is 25.0 Å². The summed E-state index contributed by atoms with van der Waals surface area (Å²) in [6.45, 7) is 1.78. The minimum absolute atomic E-state index is 0.0721. The number of carbonyl (C=O) groups excluding carboxylic acids is 1. The van der Waals surface area contributed by atoms with Crippen LogP contribution in [0.15, 0.2) is 6.33 Å². The van der Waals surface area contributed by atoms with E-state index in [0.29, 0.717) is 13.2 Å². The summed E-state index contributed by atoms with van der Waals surface area (Å²) in [5.74, 6) is -3.15. The van der Waals surface area contributed by atoms with Crippen molar-refractivity contribution in [3.05, 3.63) is 12.2 Å². The summed E-state index contributed by atoms with van der Waals surface area (Å²) in [6, 6.07) is 0. The molecule has 4 rings (SSSR count). The number of hydrogen-bond acceptors (Lipinski definition) is 13. The van der Waals surface area contributed by atoms with E-state index in [1.165, 1.54) is 17.8 Å². The summed E-state index contributed by atoms with van der Waals surface area (Å²) in [7, 11) is -5.03. The zero-order valence-electron chi connectivity index (χ0n) is 17.9. The second kappa shape index (κ2) is 9.77. The van der Waals surface area contributed by atoms with Crippen molar-refractivity contribution in [2.24, 2.45) is 0 Å². The predicted molar refractivity (Wildman–Crippen MR) is 111 cm³/mol. The van der Waals surface area contributed by atoms with Crippen molar-refractivity contribution in [1.29, 1.82) is 0 Å². The molecule has 0 radical (unpaired) electrons. The van der Waals surface area contributed by atoms with Crippen LogP contribution in [0.4, 0.5) is 5.82 Å². The number of carbonyl (C=O) groups is 1. The van der Waals surface area contributed by atoms with Gasteiger partial charge in [-0.1, -0.05) is 0 Å². The summed E-state index contributed by atoms with van der Waals surface area (Å²) in [4.78, 5) is 43.4. The number of imidazole rings is 1. The second-order valence-corrected chi connectivity index (χ2v) is 9.22. The minimum atomic E-state index is -5.03. The lowest BCUT2D eigenvalue weighted by molar-refractivity contribution is -0.155. The van der Waals surface area contributed by atoms with Crippen LogP contribution in [0, 0.1) is 0 Å². The molecular formula is C17H25N6O10P. The summed E-state index contributed by atoms with van der Waals surface area (Å²) in [5, 5.41) is 24.1. The molecule has 0 aliphatic carbocycles. The first-order valence-electron chi connectivity index (χ1n) is 10.3. The number of nitrogens with one attached hydrogen (secondary N) is 1. The van der Waals surface area contributed by atoms with Crippen molar-refractivity contribution < 1.29 is 48.3 Å². The second-order valence-electron chi connectivity index (χ2n) is 7.57. The summed E-state index contributed by atoms with van der Waals surface area (Å²) in [6.07, 6.45) is -4.76. The van der Waals surface area contributed by atoms with Gasteiger partial charge < -0.3 is 44.7 Å². The standard InChI is InChI=1S/C17H25N6O10P/c1-2-30-16(26)17(34(27,28)29)32-5-7-9(24)10(25)15(33-7)23-6-20-8-11(18)21-12(22-13(8)23)14-19-3-4-31-14/h6-7,9-10,14-15,17,19,24-25H,2-5H2,1H3,(H2,18,21,22)(H2,27,28,29)/t7-,9-,10-,14-,15-,17?/m1/s1. The number of aromatic nitrogens is 4. The molecule has 0 aromatic carbocycles. The third kappa shape index (κ3) is 4.77. The largest absolute Gasteiger partial charge is 0.464 e. The van der Waals surface area contributed by atoms with Crippen LogP contribution in [0.2, 0.25) is 0 Å². The molecule has 0 saturated carbocycles. The van der Waals surface area contributed by atoms with E-state index >= 15 is 0 Å². The molecule has 188 valence electrons. The quantitative estimate of drug-likeness (QED) is 0.164. The van der Waals surface area contributed by atoms with Gasteiger partial charge in [-0.15, -0.1) is 0 Å². The van der Waals surface area contributed by atoms with Crippen LogP contribution in [0.25, 0.3) is 11.2 Å². The monoisotopic (exact) mass is 504 g/mol. The highest BCUT2D eigenvalue weighted by atomic mass is 31.2. The zero-order chi connectivity index (χ0) is 24.6. The Balaban J connectivity index is 1.55. The van der Waals surface area contributed by atoms with E-state index in [1.54, 1.807) is 0 Å². The number of anilines is 1. The third-order valence-electron chi connectivity index (χ3n) is 5.24. The number of aliphatic hydroxyl groups is 2. The van der Waals surface area contributed by atoms with Gasteiger partial charge in [-0.25, -0.2) is 19.7 Å². The molecular weight excluding hydrogens is 479 g/mol. The molecule has 1 unspecified atom stereocenters. The molecule has 0 bridgehead atoms. The Morgan fingerprint density at radius 3 is 2.79 bits per heavy atom. The predicted octanol–water partition coefficient (Wildman–Crippen LogP) is -2.27. The number of hydrogen-bond donors (Lipinski definition) is 6. The molecule has 2 saturated heterocycles. The topological polar surface area (TPSA) is 234 Å². The normalized spacial score (nSPS) is 28.4. The number of nitrogen functional groups attached to an aromatic ring is 1. The molecule has 7 N–H and O–H groups in total. The van der Waals surface area contributed by atoms with Gasteiger partial charge in [0.1, 0.15) is 23.8 Å². The molecule has 16 nitrogen and oxygen atoms in total. The first-order valence-corrected chi connectivity index (χ1v) is 12.0. The fourth-order valence-corrected chi connectivity index (χ4v) is 4.28. The van der Waals surface area contributed by atoms with Crippen molar-refractivity contribution in [2.75, 3.05) is 32.1 Å². The maximum Gasteiger partial charge on any atom is 0.365 e. The van der Waals surface area contributed by atoms with Crippen LogP contribution in [0.3, 0.4) is 0 Å². The van der Waals surface area contributed by atoms with Crippen LogP contribution in [0.5, 0.6) is 0 Å². The van der Waals surface area contributed by atoms with E-state index < -0.39 is 56.8 Å². The fraction of sp³-hybridized carbons (Fsp3) is 0.647. The van der Waals surface area contributed by atoms with Crippen LogP contribution in [-0.2, 0) is 28.3 Å². The van der Waals surface area contributed by atoms with Crippen LogP contribution in [0.1, 0.15) is 25.2 Å². The molecule has 2 aliphatic heterocycles. The van der Waals surface area contributed by atoms with Crippen LogP contribution >= 0.6 is 7.60 Å². The fourth-order valence-electron chi connectivity index (χ4n) is 3.65. The first-order chi connectivity index (χ1) is 16.1. The number of ether oxygens (including phenoxy) is 4. The van der Waals surface area contributed by atoms with Gasteiger partial charge in [0.2, 0.25) is 0 Å². The van der Waals surface area contributed by atoms with Gasteiger partial charge in [-0.3, -0.25) is 14.4 Å². The minimum Gasteiger partial charge on any atom is -0.464 e. The Morgan fingerprint density at radius 1 is 1.38 bits per heavy atom. The van der Waals surface area contributed by atoms with Gasteiger partial charge in [-0.05, 0) is 6.92 Å². The molecule has 2 aromatic heterocycles. The molecule has 0 amide bonds.